The Hall–Kier alpha value is -1.56. The summed E-state index contributed by atoms with van der Waals surface area (Å²) in [4.78, 5) is 25.8. The van der Waals surface area contributed by atoms with Crippen molar-refractivity contribution in [3.63, 3.8) is 0 Å². The molecule has 1 fully saturated rings. The fraction of sp³-hybridized carbons (Fsp3) is 0.467. The number of carbonyl (C=O) groups excluding carboxylic acids is 2. The standard InChI is InChI=1S/C15H19BrN2O3/c1-10-13(19)17-15(2,3)14(20)18(10)7-8-21-12-6-4-5-11(16)9-12/h4-6,9-10H,7-8H2,1-3H3,(H,17,19). The van der Waals surface area contributed by atoms with Crippen molar-refractivity contribution in [3.8, 4) is 5.75 Å². The Labute approximate surface area is 132 Å². The molecule has 21 heavy (non-hydrogen) atoms. The van der Waals surface area contributed by atoms with E-state index in [1.54, 1.807) is 25.7 Å². The highest BCUT2D eigenvalue weighted by atomic mass is 79.9. The molecule has 1 aliphatic rings. The zero-order chi connectivity index (χ0) is 15.6. The van der Waals surface area contributed by atoms with Crippen LogP contribution in [-0.4, -0.2) is 41.4 Å². The highest BCUT2D eigenvalue weighted by Gasteiger charge is 2.43. The van der Waals surface area contributed by atoms with Crippen molar-refractivity contribution in [2.24, 2.45) is 0 Å². The number of hydrogen-bond donors (Lipinski definition) is 1. The van der Waals surface area contributed by atoms with Gasteiger partial charge in [0.25, 0.3) is 0 Å². The molecule has 2 rings (SSSR count). The highest BCUT2D eigenvalue weighted by molar-refractivity contribution is 9.10. The van der Waals surface area contributed by atoms with Crippen LogP contribution in [0.5, 0.6) is 5.75 Å². The van der Waals surface area contributed by atoms with Crippen LogP contribution in [0.15, 0.2) is 28.7 Å². The summed E-state index contributed by atoms with van der Waals surface area (Å²) in [5, 5.41) is 2.72. The lowest BCUT2D eigenvalue weighted by atomic mass is 9.97. The van der Waals surface area contributed by atoms with E-state index in [4.69, 9.17) is 4.74 Å². The molecule has 0 spiro atoms. The van der Waals surface area contributed by atoms with Crippen LogP contribution in [0, 0.1) is 0 Å². The minimum atomic E-state index is -0.862. The van der Waals surface area contributed by atoms with Crippen LogP contribution >= 0.6 is 15.9 Å². The lowest BCUT2D eigenvalue weighted by molar-refractivity contribution is -0.153. The second-order valence-corrected chi connectivity index (χ2v) is 6.51. The molecule has 1 atom stereocenters. The van der Waals surface area contributed by atoms with Crippen molar-refractivity contribution in [1.82, 2.24) is 10.2 Å². The largest absolute Gasteiger partial charge is 0.492 e. The molecule has 2 amide bonds. The molecule has 0 aliphatic carbocycles. The van der Waals surface area contributed by atoms with E-state index in [0.29, 0.717) is 13.2 Å². The van der Waals surface area contributed by atoms with Gasteiger partial charge in [0.1, 0.15) is 23.9 Å². The Balaban J connectivity index is 1.98. The first-order valence-electron chi connectivity index (χ1n) is 6.83. The summed E-state index contributed by atoms with van der Waals surface area (Å²) in [5.41, 5.74) is -0.862. The van der Waals surface area contributed by atoms with Crippen molar-refractivity contribution in [2.45, 2.75) is 32.4 Å². The summed E-state index contributed by atoms with van der Waals surface area (Å²) in [5.74, 6) is 0.500. The lowest BCUT2D eigenvalue weighted by Crippen LogP contribution is -2.67. The molecule has 1 aromatic carbocycles. The van der Waals surface area contributed by atoms with Crippen LogP contribution in [0.4, 0.5) is 0 Å². The minimum Gasteiger partial charge on any atom is -0.492 e. The van der Waals surface area contributed by atoms with Gasteiger partial charge < -0.3 is 15.0 Å². The third kappa shape index (κ3) is 3.56. The van der Waals surface area contributed by atoms with Gasteiger partial charge in [-0.1, -0.05) is 22.0 Å². The Morgan fingerprint density at radius 3 is 2.76 bits per heavy atom. The number of carbonyl (C=O) groups is 2. The molecule has 1 aromatic rings. The van der Waals surface area contributed by atoms with Gasteiger partial charge >= 0.3 is 0 Å². The highest BCUT2D eigenvalue weighted by Crippen LogP contribution is 2.19. The topological polar surface area (TPSA) is 58.6 Å². The molecule has 1 unspecified atom stereocenters. The Bertz CT molecular complexity index is 560. The van der Waals surface area contributed by atoms with Gasteiger partial charge in [-0.15, -0.1) is 0 Å². The van der Waals surface area contributed by atoms with Crippen molar-refractivity contribution in [2.75, 3.05) is 13.2 Å². The van der Waals surface area contributed by atoms with Crippen LogP contribution in [0.25, 0.3) is 0 Å². The molecule has 0 bridgehead atoms. The number of nitrogens with one attached hydrogen (secondary N) is 1. The SMILES string of the molecule is CC1C(=O)NC(C)(C)C(=O)N1CCOc1cccc(Br)c1. The van der Waals surface area contributed by atoms with Crippen LogP contribution in [-0.2, 0) is 9.59 Å². The normalized spacial score (nSPS) is 21.1. The van der Waals surface area contributed by atoms with E-state index < -0.39 is 11.6 Å². The Kier molecular flexibility index (Phi) is 4.56. The van der Waals surface area contributed by atoms with Crippen molar-refractivity contribution < 1.29 is 14.3 Å². The molecule has 1 heterocycles. The van der Waals surface area contributed by atoms with Gasteiger partial charge in [0, 0.05) is 4.47 Å². The third-order valence-corrected chi connectivity index (χ3v) is 3.97. The fourth-order valence-corrected chi connectivity index (χ4v) is 2.63. The Morgan fingerprint density at radius 2 is 2.10 bits per heavy atom. The zero-order valence-corrected chi connectivity index (χ0v) is 13.9. The molecule has 0 aromatic heterocycles. The van der Waals surface area contributed by atoms with E-state index in [0.717, 1.165) is 10.2 Å². The van der Waals surface area contributed by atoms with Crippen molar-refractivity contribution >= 4 is 27.7 Å². The molecule has 0 radical (unpaired) electrons. The number of benzene rings is 1. The third-order valence-electron chi connectivity index (χ3n) is 3.48. The van der Waals surface area contributed by atoms with E-state index >= 15 is 0 Å². The predicted molar refractivity (Wildman–Crippen MR) is 83.0 cm³/mol. The summed E-state index contributed by atoms with van der Waals surface area (Å²) < 4.78 is 6.57. The number of hydrogen-bond acceptors (Lipinski definition) is 3. The second-order valence-electron chi connectivity index (χ2n) is 5.59. The van der Waals surface area contributed by atoms with Crippen LogP contribution in [0.3, 0.4) is 0 Å². The smallest absolute Gasteiger partial charge is 0.248 e. The first kappa shape index (κ1) is 15.8. The van der Waals surface area contributed by atoms with E-state index in [1.165, 1.54) is 0 Å². The van der Waals surface area contributed by atoms with E-state index in [2.05, 4.69) is 21.2 Å². The molecule has 1 aliphatic heterocycles. The van der Waals surface area contributed by atoms with Crippen molar-refractivity contribution in [1.29, 1.82) is 0 Å². The average Bonchev–Trinajstić information content (AvgIpc) is 2.40. The number of nitrogens with zero attached hydrogens (tertiary/aromatic N) is 1. The number of piperazine rings is 1. The van der Waals surface area contributed by atoms with E-state index in [9.17, 15) is 9.59 Å². The summed E-state index contributed by atoms with van der Waals surface area (Å²) in [6, 6.07) is 7.03. The van der Waals surface area contributed by atoms with Gasteiger partial charge in [0.05, 0.1) is 6.54 Å². The van der Waals surface area contributed by atoms with Gasteiger partial charge in [-0.25, -0.2) is 0 Å². The minimum absolute atomic E-state index is 0.0903. The summed E-state index contributed by atoms with van der Waals surface area (Å²) >= 11 is 3.38. The lowest BCUT2D eigenvalue weighted by Gasteiger charge is -2.41. The van der Waals surface area contributed by atoms with Gasteiger partial charge in [0.15, 0.2) is 0 Å². The summed E-state index contributed by atoms with van der Waals surface area (Å²) in [6.45, 7) is 5.86. The molecule has 0 saturated carbocycles. The molecule has 6 heteroatoms. The molecular weight excluding hydrogens is 336 g/mol. The summed E-state index contributed by atoms with van der Waals surface area (Å²) in [7, 11) is 0. The summed E-state index contributed by atoms with van der Waals surface area (Å²) in [6.07, 6.45) is 0. The zero-order valence-electron chi connectivity index (χ0n) is 12.4. The maximum Gasteiger partial charge on any atom is 0.248 e. The second kappa shape index (κ2) is 6.05. The van der Waals surface area contributed by atoms with Crippen LogP contribution in [0.2, 0.25) is 0 Å². The van der Waals surface area contributed by atoms with Gasteiger partial charge in [-0.3, -0.25) is 9.59 Å². The number of amides is 2. The number of halogens is 1. The maximum atomic E-state index is 12.3. The van der Waals surface area contributed by atoms with Crippen LogP contribution < -0.4 is 10.1 Å². The monoisotopic (exact) mass is 354 g/mol. The molecule has 1 N–H and O–H groups in total. The first-order valence-corrected chi connectivity index (χ1v) is 7.62. The average molecular weight is 355 g/mol. The predicted octanol–water partition coefficient (Wildman–Crippen LogP) is 1.95. The quantitative estimate of drug-likeness (QED) is 0.898. The van der Waals surface area contributed by atoms with Gasteiger partial charge in [-0.2, -0.15) is 0 Å². The van der Waals surface area contributed by atoms with Gasteiger partial charge in [-0.05, 0) is 39.0 Å². The fourth-order valence-electron chi connectivity index (χ4n) is 2.26. The molecule has 114 valence electrons. The first-order chi connectivity index (χ1) is 9.81. The molecule has 5 nitrogen and oxygen atoms in total. The van der Waals surface area contributed by atoms with E-state index in [-0.39, 0.29) is 11.8 Å². The molecule has 1 saturated heterocycles. The van der Waals surface area contributed by atoms with Crippen molar-refractivity contribution in [3.05, 3.63) is 28.7 Å². The maximum absolute atomic E-state index is 12.3. The number of ether oxygens (including phenoxy) is 1. The van der Waals surface area contributed by atoms with E-state index in [1.807, 2.05) is 24.3 Å². The van der Waals surface area contributed by atoms with Crippen LogP contribution in [0.1, 0.15) is 20.8 Å². The Morgan fingerprint density at radius 1 is 1.38 bits per heavy atom. The van der Waals surface area contributed by atoms with Gasteiger partial charge in [0.2, 0.25) is 11.8 Å². The number of rotatable bonds is 4. The molecular formula is C15H19BrN2O3.